The van der Waals surface area contributed by atoms with Crippen LogP contribution in [-0.4, -0.2) is 11.7 Å². The molecule has 1 aromatic rings. The summed E-state index contributed by atoms with van der Waals surface area (Å²) in [6, 6.07) is 7.19. The molecule has 0 saturated heterocycles. The van der Waals surface area contributed by atoms with Gasteiger partial charge in [-0.05, 0) is 31.0 Å². The summed E-state index contributed by atoms with van der Waals surface area (Å²) in [5, 5.41) is 9.10. The summed E-state index contributed by atoms with van der Waals surface area (Å²) >= 11 is 0. The molecule has 1 rings (SSSR count). The van der Waals surface area contributed by atoms with E-state index in [-0.39, 0.29) is 6.10 Å². The largest absolute Gasteiger partial charge is 0.508 e. The fourth-order valence-electron chi connectivity index (χ4n) is 1.34. The van der Waals surface area contributed by atoms with E-state index >= 15 is 0 Å². The summed E-state index contributed by atoms with van der Waals surface area (Å²) in [5.41, 5.74) is 1.13. The second-order valence-electron chi connectivity index (χ2n) is 2.94. The van der Waals surface area contributed by atoms with E-state index < -0.39 is 0 Å². The lowest BCUT2D eigenvalue weighted by Gasteiger charge is -2.14. The monoisotopic (exact) mass is 180 g/mol. The molecule has 0 aromatic heterocycles. The number of hydrogen-bond acceptors (Lipinski definition) is 2. The number of benzene rings is 1. The molecule has 1 N–H and O–H groups in total. The molecule has 0 saturated carbocycles. The predicted molar refractivity (Wildman–Crippen MR) is 52.8 cm³/mol. The van der Waals surface area contributed by atoms with Crippen LogP contribution in [0, 0.1) is 0 Å². The van der Waals surface area contributed by atoms with Crippen molar-refractivity contribution in [2.24, 2.45) is 0 Å². The minimum absolute atomic E-state index is 0.158. The zero-order chi connectivity index (χ0) is 9.68. The number of phenolic OH excluding ortho intramolecular Hbond substituents is 1. The number of phenols is 1. The van der Waals surface area contributed by atoms with E-state index in [0.717, 1.165) is 18.6 Å². The zero-order valence-electron chi connectivity index (χ0n) is 8.16. The van der Waals surface area contributed by atoms with Crippen LogP contribution in [-0.2, 0) is 4.74 Å². The van der Waals surface area contributed by atoms with Gasteiger partial charge in [0.15, 0.2) is 0 Å². The Morgan fingerprint density at radius 2 is 1.85 bits per heavy atom. The molecule has 1 aromatic carbocycles. The van der Waals surface area contributed by atoms with Gasteiger partial charge in [-0.3, -0.25) is 0 Å². The van der Waals surface area contributed by atoms with Gasteiger partial charge in [0.2, 0.25) is 0 Å². The van der Waals surface area contributed by atoms with Gasteiger partial charge in [-0.15, -0.1) is 0 Å². The summed E-state index contributed by atoms with van der Waals surface area (Å²) in [5.74, 6) is 0.301. The molecule has 13 heavy (non-hydrogen) atoms. The molecule has 2 heteroatoms. The van der Waals surface area contributed by atoms with Gasteiger partial charge in [0, 0.05) is 6.61 Å². The van der Waals surface area contributed by atoms with Crippen molar-refractivity contribution in [1.29, 1.82) is 0 Å². The third kappa shape index (κ3) is 2.74. The van der Waals surface area contributed by atoms with Crippen molar-refractivity contribution in [3.63, 3.8) is 0 Å². The molecule has 0 heterocycles. The third-order valence-electron chi connectivity index (χ3n) is 2.00. The fourth-order valence-corrected chi connectivity index (χ4v) is 1.34. The molecule has 1 unspecified atom stereocenters. The Labute approximate surface area is 79.2 Å². The normalized spacial score (nSPS) is 12.8. The Balaban J connectivity index is 2.73. The van der Waals surface area contributed by atoms with Gasteiger partial charge in [0.1, 0.15) is 5.75 Å². The van der Waals surface area contributed by atoms with Crippen molar-refractivity contribution in [2.75, 3.05) is 6.61 Å². The van der Waals surface area contributed by atoms with Crippen LogP contribution in [0.15, 0.2) is 24.3 Å². The maximum absolute atomic E-state index is 9.10. The Morgan fingerprint density at radius 3 is 2.31 bits per heavy atom. The van der Waals surface area contributed by atoms with E-state index in [1.54, 1.807) is 12.1 Å². The summed E-state index contributed by atoms with van der Waals surface area (Å²) < 4.78 is 5.54. The average molecular weight is 180 g/mol. The van der Waals surface area contributed by atoms with Crippen LogP contribution in [0.2, 0.25) is 0 Å². The van der Waals surface area contributed by atoms with Crippen molar-refractivity contribution in [2.45, 2.75) is 26.4 Å². The van der Waals surface area contributed by atoms with Crippen molar-refractivity contribution in [1.82, 2.24) is 0 Å². The molecule has 0 aliphatic carbocycles. The van der Waals surface area contributed by atoms with E-state index in [0.29, 0.717) is 5.75 Å². The van der Waals surface area contributed by atoms with Crippen LogP contribution >= 0.6 is 0 Å². The number of rotatable bonds is 4. The standard InChI is InChI=1S/C11H16O2/c1-3-11(13-4-2)9-5-7-10(12)8-6-9/h5-8,11-12H,3-4H2,1-2H3. The summed E-state index contributed by atoms with van der Waals surface area (Å²) in [7, 11) is 0. The van der Waals surface area contributed by atoms with Crippen LogP contribution in [0.1, 0.15) is 31.9 Å². The maximum Gasteiger partial charge on any atom is 0.115 e. The lowest BCUT2D eigenvalue weighted by molar-refractivity contribution is 0.0598. The van der Waals surface area contributed by atoms with E-state index in [2.05, 4.69) is 6.92 Å². The third-order valence-corrected chi connectivity index (χ3v) is 2.00. The molecular weight excluding hydrogens is 164 g/mol. The molecule has 0 aliphatic heterocycles. The Morgan fingerprint density at radius 1 is 1.23 bits per heavy atom. The van der Waals surface area contributed by atoms with Gasteiger partial charge in [-0.1, -0.05) is 19.1 Å². The van der Waals surface area contributed by atoms with E-state index in [1.807, 2.05) is 19.1 Å². The highest BCUT2D eigenvalue weighted by Crippen LogP contribution is 2.22. The SMILES string of the molecule is CCOC(CC)c1ccc(O)cc1. The minimum atomic E-state index is 0.158. The van der Waals surface area contributed by atoms with Gasteiger partial charge >= 0.3 is 0 Å². The number of hydrogen-bond donors (Lipinski definition) is 1. The molecule has 0 bridgehead atoms. The van der Waals surface area contributed by atoms with Crippen LogP contribution in [0.3, 0.4) is 0 Å². The molecule has 0 radical (unpaired) electrons. The molecular formula is C11H16O2. The molecule has 72 valence electrons. The molecule has 0 amide bonds. The first kappa shape index (κ1) is 10.1. The summed E-state index contributed by atoms with van der Waals surface area (Å²) in [6.45, 7) is 4.80. The molecule has 0 spiro atoms. The van der Waals surface area contributed by atoms with Crippen LogP contribution in [0.4, 0.5) is 0 Å². The van der Waals surface area contributed by atoms with E-state index in [1.165, 1.54) is 0 Å². The van der Waals surface area contributed by atoms with E-state index in [9.17, 15) is 0 Å². The number of ether oxygens (including phenoxy) is 1. The van der Waals surface area contributed by atoms with Crippen molar-refractivity contribution < 1.29 is 9.84 Å². The van der Waals surface area contributed by atoms with Gasteiger partial charge in [-0.2, -0.15) is 0 Å². The Bertz CT molecular complexity index is 241. The topological polar surface area (TPSA) is 29.5 Å². The van der Waals surface area contributed by atoms with Crippen LogP contribution < -0.4 is 0 Å². The highest BCUT2D eigenvalue weighted by molar-refractivity contribution is 5.27. The van der Waals surface area contributed by atoms with Gasteiger partial charge < -0.3 is 9.84 Å². The van der Waals surface area contributed by atoms with Crippen LogP contribution in [0.25, 0.3) is 0 Å². The minimum Gasteiger partial charge on any atom is -0.508 e. The smallest absolute Gasteiger partial charge is 0.115 e. The second kappa shape index (κ2) is 4.87. The summed E-state index contributed by atoms with van der Waals surface area (Å²) in [4.78, 5) is 0. The van der Waals surface area contributed by atoms with Crippen molar-refractivity contribution >= 4 is 0 Å². The predicted octanol–water partition coefficient (Wildman–Crippen LogP) is 2.88. The van der Waals surface area contributed by atoms with Crippen molar-refractivity contribution in [3.05, 3.63) is 29.8 Å². The lowest BCUT2D eigenvalue weighted by atomic mass is 10.1. The first-order chi connectivity index (χ1) is 6.27. The molecule has 1 atom stereocenters. The molecule has 2 nitrogen and oxygen atoms in total. The molecule has 0 aliphatic rings. The van der Waals surface area contributed by atoms with Gasteiger partial charge in [0.05, 0.1) is 6.10 Å². The first-order valence-electron chi connectivity index (χ1n) is 4.68. The van der Waals surface area contributed by atoms with Crippen molar-refractivity contribution in [3.8, 4) is 5.75 Å². The van der Waals surface area contributed by atoms with Gasteiger partial charge in [-0.25, -0.2) is 0 Å². The van der Waals surface area contributed by atoms with Gasteiger partial charge in [0.25, 0.3) is 0 Å². The zero-order valence-corrected chi connectivity index (χ0v) is 8.16. The Hall–Kier alpha value is -1.02. The highest BCUT2D eigenvalue weighted by atomic mass is 16.5. The molecule has 0 fully saturated rings. The first-order valence-corrected chi connectivity index (χ1v) is 4.68. The second-order valence-corrected chi connectivity index (χ2v) is 2.94. The summed E-state index contributed by atoms with van der Waals surface area (Å²) in [6.07, 6.45) is 1.11. The number of aromatic hydroxyl groups is 1. The highest BCUT2D eigenvalue weighted by Gasteiger charge is 2.07. The lowest BCUT2D eigenvalue weighted by Crippen LogP contribution is -2.02. The van der Waals surface area contributed by atoms with Crippen LogP contribution in [0.5, 0.6) is 5.75 Å². The Kier molecular flexibility index (Phi) is 3.77. The fraction of sp³-hybridized carbons (Fsp3) is 0.455. The van der Waals surface area contributed by atoms with E-state index in [4.69, 9.17) is 9.84 Å². The average Bonchev–Trinajstić information content (AvgIpc) is 2.16. The maximum atomic E-state index is 9.10. The quantitative estimate of drug-likeness (QED) is 0.772.